The number of benzene rings is 3. The van der Waals surface area contributed by atoms with Gasteiger partial charge in [0.05, 0.1) is 16.9 Å². The lowest BCUT2D eigenvalue weighted by Crippen LogP contribution is -2.48. The molecule has 0 spiro atoms. The molecule has 1 fully saturated rings. The summed E-state index contributed by atoms with van der Waals surface area (Å²) in [6, 6.07) is 24.4. The second-order valence-electron chi connectivity index (χ2n) is 8.69. The third kappa shape index (κ3) is 4.72. The highest BCUT2D eigenvalue weighted by atomic mass is 35.5. The smallest absolute Gasteiger partial charge is 0.258 e. The zero-order valence-corrected chi connectivity index (χ0v) is 20.3. The number of nitrogens with zero attached hydrogens (tertiary/aromatic N) is 4. The van der Waals surface area contributed by atoms with Gasteiger partial charge in [0.1, 0.15) is 11.5 Å². The van der Waals surface area contributed by atoms with Crippen LogP contribution in [0, 0.1) is 12.7 Å². The van der Waals surface area contributed by atoms with E-state index >= 15 is 0 Å². The minimum atomic E-state index is -0.299. The van der Waals surface area contributed by atoms with Crippen molar-refractivity contribution in [1.29, 1.82) is 0 Å². The molecule has 1 saturated heterocycles. The molecule has 0 atom stereocenters. The van der Waals surface area contributed by atoms with Crippen molar-refractivity contribution in [2.75, 3.05) is 26.2 Å². The lowest BCUT2D eigenvalue weighted by molar-refractivity contribution is 0.0627. The van der Waals surface area contributed by atoms with E-state index in [0.717, 1.165) is 16.9 Å². The second-order valence-corrected chi connectivity index (χ2v) is 9.10. The number of hydrogen-bond donors (Lipinski definition) is 0. The molecule has 4 aromatic rings. The van der Waals surface area contributed by atoms with Gasteiger partial charge in [0.15, 0.2) is 0 Å². The van der Waals surface area contributed by atoms with Gasteiger partial charge in [-0.05, 0) is 31.2 Å². The number of para-hydroxylation sites is 1. The maximum Gasteiger partial charge on any atom is 0.258 e. The first kappa shape index (κ1) is 23.3. The SMILES string of the molecule is Cc1c(C(=O)N2CCN(Cc3c(F)cccc3Cl)CC2)c(-c2ccccc2)nn1-c1ccccc1. The molecule has 0 saturated carbocycles. The number of carbonyl (C=O) groups excluding carboxylic acids is 1. The van der Waals surface area contributed by atoms with Crippen molar-refractivity contribution in [3.63, 3.8) is 0 Å². The Bertz CT molecular complexity index is 1310. The quantitative estimate of drug-likeness (QED) is 0.367. The first-order valence-corrected chi connectivity index (χ1v) is 12.1. The summed E-state index contributed by atoms with van der Waals surface area (Å²) >= 11 is 6.21. The second kappa shape index (κ2) is 10.0. The predicted molar refractivity (Wildman–Crippen MR) is 136 cm³/mol. The van der Waals surface area contributed by atoms with Crippen LogP contribution in [-0.2, 0) is 6.54 Å². The Morgan fingerprint density at radius 3 is 2.23 bits per heavy atom. The van der Waals surface area contributed by atoms with Crippen molar-refractivity contribution in [2.24, 2.45) is 0 Å². The van der Waals surface area contributed by atoms with Gasteiger partial charge in [0.2, 0.25) is 0 Å². The molecule has 1 aliphatic heterocycles. The fraction of sp³-hybridized carbons (Fsp3) is 0.214. The Kier molecular flexibility index (Phi) is 6.66. The topological polar surface area (TPSA) is 41.4 Å². The number of hydrogen-bond acceptors (Lipinski definition) is 3. The van der Waals surface area contributed by atoms with Crippen LogP contribution >= 0.6 is 11.6 Å². The van der Waals surface area contributed by atoms with Crippen LogP contribution in [0.4, 0.5) is 4.39 Å². The summed E-state index contributed by atoms with van der Waals surface area (Å²) in [6.07, 6.45) is 0. The number of aromatic nitrogens is 2. The molecule has 35 heavy (non-hydrogen) atoms. The highest BCUT2D eigenvalue weighted by Crippen LogP contribution is 2.29. The average molecular weight is 489 g/mol. The largest absolute Gasteiger partial charge is 0.336 e. The molecule has 0 aliphatic carbocycles. The van der Waals surface area contributed by atoms with Crippen molar-refractivity contribution in [1.82, 2.24) is 19.6 Å². The van der Waals surface area contributed by atoms with Crippen LogP contribution in [0.3, 0.4) is 0 Å². The van der Waals surface area contributed by atoms with Crippen molar-refractivity contribution in [3.05, 3.63) is 107 Å². The third-order valence-electron chi connectivity index (χ3n) is 6.48. The van der Waals surface area contributed by atoms with E-state index in [4.69, 9.17) is 16.7 Å². The average Bonchev–Trinajstić information content (AvgIpc) is 3.24. The summed E-state index contributed by atoms with van der Waals surface area (Å²) in [5.74, 6) is -0.334. The van der Waals surface area contributed by atoms with Gasteiger partial charge in [-0.1, -0.05) is 66.2 Å². The zero-order chi connectivity index (χ0) is 24.4. The normalized spacial score (nSPS) is 14.3. The molecule has 0 bridgehead atoms. The Morgan fingerprint density at radius 2 is 1.57 bits per heavy atom. The van der Waals surface area contributed by atoms with Crippen molar-refractivity contribution >= 4 is 17.5 Å². The van der Waals surface area contributed by atoms with Crippen LogP contribution in [0.5, 0.6) is 0 Å². The molecule has 1 aliphatic rings. The standard InChI is InChI=1S/C28H26ClFN4O/c1-20-26(27(21-9-4-2-5-10-21)31-34(20)22-11-6-3-7-12-22)28(35)33-17-15-32(16-18-33)19-23-24(29)13-8-14-25(23)30/h2-14H,15-19H2,1H3. The highest BCUT2D eigenvalue weighted by Gasteiger charge is 2.29. The number of piperazine rings is 1. The van der Waals surface area contributed by atoms with Gasteiger partial charge in [-0.2, -0.15) is 5.10 Å². The predicted octanol–water partition coefficient (Wildman–Crippen LogP) is 5.60. The Hall–Kier alpha value is -3.48. The molecule has 7 heteroatoms. The van der Waals surface area contributed by atoms with Crippen LogP contribution in [0.15, 0.2) is 78.9 Å². The highest BCUT2D eigenvalue weighted by molar-refractivity contribution is 6.31. The van der Waals surface area contributed by atoms with E-state index in [2.05, 4.69) is 4.90 Å². The molecular weight excluding hydrogens is 463 g/mol. The first-order chi connectivity index (χ1) is 17.0. The Balaban J connectivity index is 1.40. The van der Waals surface area contributed by atoms with Crippen molar-refractivity contribution < 1.29 is 9.18 Å². The Morgan fingerprint density at radius 1 is 0.914 bits per heavy atom. The van der Waals surface area contributed by atoms with E-state index in [1.165, 1.54) is 6.07 Å². The Labute approximate surface area is 209 Å². The number of carbonyl (C=O) groups is 1. The van der Waals surface area contributed by atoms with Crippen LogP contribution in [0.2, 0.25) is 5.02 Å². The number of amides is 1. The fourth-order valence-electron chi connectivity index (χ4n) is 4.55. The molecule has 178 valence electrons. The first-order valence-electron chi connectivity index (χ1n) is 11.7. The van der Waals surface area contributed by atoms with Gasteiger partial charge in [-0.25, -0.2) is 9.07 Å². The maximum absolute atomic E-state index is 14.2. The van der Waals surface area contributed by atoms with Gasteiger partial charge in [-0.3, -0.25) is 9.69 Å². The van der Waals surface area contributed by atoms with E-state index in [9.17, 15) is 9.18 Å². The molecule has 0 radical (unpaired) electrons. The number of halogens is 2. The summed E-state index contributed by atoms with van der Waals surface area (Å²) in [7, 11) is 0. The van der Waals surface area contributed by atoms with Crippen LogP contribution in [0.25, 0.3) is 16.9 Å². The molecule has 3 aromatic carbocycles. The van der Waals surface area contributed by atoms with Crippen molar-refractivity contribution in [3.8, 4) is 16.9 Å². The van der Waals surface area contributed by atoms with E-state index in [-0.39, 0.29) is 11.7 Å². The van der Waals surface area contributed by atoms with Crippen LogP contribution < -0.4 is 0 Å². The van der Waals surface area contributed by atoms with Gasteiger partial charge in [-0.15, -0.1) is 0 Å². The van der Waals surface area contributed by atoms with Gasteiger partial charge < -0.3 is 4.90 Å². The van der Waals surface area contributed by atoms with E-state index in [0.29, 0.717) is 54.6 Å². The lowest BCUT2D eigenvalue weighted by Gasteiger charge is -2.35. The third-order valence-corrected chi connectivity index (χ3v) is 6.84. The summed E-state index contributed by atoms with van der Waals surface area (Å²) in [4.78, 5) is 17.8. The van der Waals surface area contributed by atoms with Gasteiger partial charge >= 0.3 is 0 Å². The monoisotopic (exact) mass is 488 g/mol. The zero-order valence-electron chi connectivity index (χ0n) is 19.5. The minimum absolute atomic E-state index is 0.0351. The van der Waals surface area contributed by atoms with Crippen molar-refractivity contribution in [2.45, 2.75) is 13.5 Å². The fourth-order valence-corrected chi connectivity index (χ4v) is 4.77. The summed E-state index contributed by atoms with van der Waals surface area (Å²) in [5, 5.41) is 5.29. The molecule has 0 unspecified atom stereocenters. The maximum atomic E-state index is 14.2. The van der Waals surface area contributed by atoms with Crippen LogP contribution in [-0.4, -0.2) is 51.7 Å². The summed E-state index contributed by atoms with van der Waals surface area (Å²) < 4.78 is 16.1. The van der Waals surface area contributed by atoms with Crippen LogP contribution in [0.1, 0.15) is 21.6 Å². The molecule has 5 nitrogen and oxygen atoms in total. The number of rotatable bonds is 5. The minimum Gasteiger partial charge on any atom is -0.336 e. The van der Waals surface area contributed by atoms with Gasteiger partial charge in [0.25, 0.3) is 5.91 Å². The molecular formula is C28H26ClFN4O. The molecule has 2 heterocycles. The molecule has 5 rings (SSSR count). The van der Waals surface area contributed by atoms with E-state index in [1.54, 1.807) is 12.1 Å². The molecule has 1 aromatic heterocycles. The summed E-state index contributed by atoms with van der Waals surface area (Å²) in [6.45, 7) is 4.75. The van der Waals surface area contributed by atoms with E-state index in [1.807, 2.05) is 77.2 Å². The molecule has 0 N–H and O–H groups in total. The lowest BCUT2D eigenvalue weighted by atomic mass is 10.0. The summed E-state index contributed by atoms with van der Waals surface area (Å²) in [5.41, 5.74) is 4.42. The van der Waals surface area contributed by atoms with Gasteiger partial charge in [0, 0.05) is 48.9 Å². The molecule has 1 amide bonds. The van der Waals surface area contributed by atoms with E-state index < -0.39 is 0 Å².